The predicted octanol–water partition coefficient (Wildman–Crippen LogP) is 8.49. The number of piperazine rings is 1. The Morgan fingerprint density at radius 2 is 1.78 bits per heavy atom. The van der Waals surface area contributed by atoms with Gasteiger partial charge in [0.15, 0.2) is 0 Å². The molecule has 0 saturated carbocycles. The van der Waals surface area contributed by atoms with Gasteiger partial charge >= 0.3 is 0 Å². The molecule has 5 aromatic rings. The van der Waals surface area contributed by atoms with Gasteiger partial charge in [0, 0.05) is 98.9 Å². The SMILES string of the molecule is CC1(C)CCC(CN2CCN(c3ccc(C(=O)NS(=O)(=O)c4ccc(NC5CCN(C6CCOC6)CC5)c([N+](=O)[O-])c4)c(Oc4cnc5[nH]ccc5c4)c3)CC2)=C(c2ccc(Cl)cc2)C1. The number of halogens is 1. The van der Waals surface area contributed by atoms with Crippen molar-refractivity contribution >= 4 is 61.2 Å². The van der Waals surface area contributed by atoms with Crippen molar-refractivity contribution in [3.05, 3.63) is 117 Å². The van der Waals surface area contributed by atoms with Crippen LogP contribution < -0.4 is 19.7 Å². The number of ether oxygens (including phenoxy) is 2. The number of anilines is 2. The second-order valence-electron chi connectivity index (χ2n) is 18.4. The van der Waals surface area contributed by atoms with E-state index in [0.717, 1.165) is 120 Å². The molecule has 1 unspecified atom stereocenters. The van der Waals surface area contributed by atoms with Crippen LogP contribution in [0.1, 0.15) is 68.3 Å². The highest BCUT2D eigenvalue weighted by Gasteiger charge is 2.32. The molecule has 3 fully saturated rings. The molecule has 4 aliphatic rings. The number of allylic oxidation sites excluding steroid dienone is 1. The third kappa shape index (κ3) is 10.3. The van der Waals surface area contributed by atoms with Crippen LogP contribution in [0.15, 0.2) is 95.7 Å². The summed E-state index contributed by atoms with van der Waals surface area (Å²) < 4.78 is 41.7. The van der Waals surface area contributed by atoms with E-state index in [1.165, 1.54) is 35.0 Å². The molecular formula is C48H55ClN8O7S. The number of fused-ring (bicyclic) bond motifs is 1. The Morgan fingerprint density at radius 3 is 2.52 bits per heavy atom. The molecule has 3 N–H and O–H groups in total. The number of carbonyl (C=O) groups excluding carboxylic acids is 1. The third-order valence-corrected chi connectivity index (χ3v) is 14.9. The molecule has 5 heterocycles. The third-order valence-electron chi connectivity index (χ3n) is 13.4. The molecule has 17 heteroatoms. The first-order chi connectivity index (χ1) is 31.3. The largest absolute Gasteiger partial charge is 0.455 e. The summed E-state index contributed by atoms with van der Waals surface area (Å²) in [5, 5.41) is 17.1. The number of amides is 1. The average Bonchev–Trinajstić information content (AvgIpc) is 4.01. The van der Waals surface area contributed by atoms with Crippen molar-refractivity contribution in [3.63, 3.8) is 0 Å². The fourth-order valence-corrected chi connectivity index (χ4v) is 10.7. The van der Waals surface area contributed by atoms with E-state index in [2.05, 4.69) is 60.7 Å². The second-order valence-corrected chi connectivity index (χ2v) is 20.5. The normalized spacial score (nSPS) is 20.0. The summed E-state index contributed by atoms with van der Waals surface area (Å²) >= 11 is 6.25. The number of aromatic nitrogens is 2. The van der Waals surface area contributed by atoms with Gasteiger partial charge in [-0.1, -0.05) is 43.2 Å². The second kappa shape index (κ2) is 18.8. The summed E-state index contributed by atoms with van der Waals surface area (Å²) in [6.45, 7) is 11.8. The number of rotatable bonds is 13. The Morgan fingerprint density at radius 1 is 1.00 bits per heavy atom. The number of piperidine rings is 1. The van der Waals surface area contributed by atoms with Crippen molar-refractivity contribution in [2.45, 2.75) is 69.4 Å². The van der Waals surface area contributed by atoms with E-state index in [4.69, 9.17) is 21.1 Å². The van der Waals surface area contributed by atoms with Crippen LogP contribution in [0.4, 0.5) is 17.1 Å². The van der Waals surface area contributed by atoms with Gasteiger partial charge in [0.05, 0.1) is 28.2 Å². The Labute approximate surface area is 384 Å². The smallest absolute Gasteiger partial charge is 0.293 e. The van der Waals surface area contributed by atoms with Gasteiger partial charge in [-0.2, -0.15) is 0 Å². The fourth-order valence-electron chi connectivity index (χ4n) is 9.61. The monoisotopic (exact) mass is 922 g/mol. The lowest BCUT2D eigenvalue weighted by atomic mass is 9.72. The number of carbonyl (C=O) groups is 1. The number of nitrogens with one attached hydrogen (secondary N) is 3. The topological polar surface area (TPSA) is 175 Å². The lowest BCUT2D eigenvalue weighted by Gasteiger charge is -2.39. The summed E-state index contributed by atoms with van der Waals surface area (Å²) in [6.07, 6.45) is 9.05. The molecule has 0 radical (unpaired) electrons. The zero-order valence-corrected chi connectivity index (χ0v) is 38.3. The summed E-state index contributed by atoms with van der Waals surface area (Å²) in [5.74, 6) is -0.459. The molecule has 65 heavy (non-hydrogen) atoms. The minimum atomic E-state index is -4.57. The highest BCUT2D eigenvalue weighted by atomic mass is 35.5. The Kier molecular flexibility index (Phi) is 12.9. The van der Waals surface area contributed by atoms with Crippen LogP contribution in [0.25, 0.3) is 16.6 Å². The standard InChI is InChI=1S/C48H55ClN8O7S/c1-48(2)16-11-34(42(28-48)32-3-5-35(49)6-4-32)30-54-20-22-56(23-21-54)37-7-9-41(45(26-37)64-39-25-33-12-17-50-46(33)51-29-39)47(58)53-65(61,62)40-8-10-43(44(27-40)57(59)60)52-36-13-18-55(19-14-36)38-15-24-63-31-38/h3-10,12,17,25-27,29,36,38,52H,11,13-16,18-24,28,30-31H2,1-2H3,(H,50,51)(H,53,58). The maximum Gasteiger partial charge on any atom is 0.293 e. The van der Waals surface area contributed by atoms with E-state index >= 15 is 0 Å². The summed E-state index contributed by atoms with van der Waals surface area (Å²) in [5.41, 5.74) is 5.61. The maximum absolute atomic E-state index is 14.0. The van der Waals surface area contributed by atoms with Crippen LogP contribution in [0.5, 0.6) is 11.5 Å². The number of aromatic amines is 1. The van der Waals surface area contributed by atoms with Crippen LogP contribution in [0.2, 0.25) is 5.02 Å². The van der Waals surface area contributed by atoms with Gasteiger partial charge in [-0.3, -0.25) is 24.7 Å². The zero-order valence-electron chi connectivity index (χ0n) is 36.7. The summed E-state index contributed by atoms with van der Waals surface area (Å²) in [6, 6.07) is 21.0. The number of nitro groups is 1. The van der Waals surface area contributed by atoms with E-state index < -0.39 is 31.4 Å². The highest BCUT2D eigenvalue weighted by Crippen LogP contribution is 2.43. The maximum atomic E-state index is 14.0. The first-order valence-electron chi connectivity index (χ1n) is 22.4. The van der Waals surface area contributed by atoms with Crippen LogP contribution in [-0.4, -0.2) is 110 Å². The zero-order chi connectivity index (χ0) is 45.3. The molecular weight excluding hydrogens is 868 g/mol. The summed E-state index contributed by atoms with van der Waals surface area (Å²) in [4.78, 5) is 39.9. The minimum Gasteiger partial charge on any atom is -0.455 e. The molecule has 1 amide bonds. The van der Waals surface area contributed by atoms with Crippen LogP contribution in [0.3, 0.4) is 0 Å². The number of pyridine rings is 1. The van der Waals surface area contributed by atoms with E-state index in [1.54, 1.807) is 30.5 Å². The molecule has 3 saturated heterocycles. The van der Waals surface area contributed by atoms with Gasteiger partial charge in [0.2, 0.25) is 0 Å². The van der Waals surface area contributed by atoms with Crippen molar-refractivity contribution in [2.75, 3.05) is 69.2 Å². The van der Waals surface area contributed by atoms with Crippen LogP contribution in [-0.2, 0) is 14.8 Å². The van der Waals surface area contributed by atoms with Gasteiger partial charge in [-0.15, -0.1) is 0 Å². The summed E-state index contributed by atoms with van der Waals surface area (Å²) in [7, 11) is -4.57. The van der Waals surface area contributed by atoms with Gasteiger partial charge in [-0.05, 0) is 104 Å². The molecule has 1 atom stereocenters. The van der Waals surface area contributed by atoms with Gasteiger partial charge < -0.3 is 24.7 Å². The Bertz CT molecular complexity index is 2700. The molecule has 0 spiro atoms. The average molecular weight is 924 g/mol. The molecule has 3 aromatic carbocycles. The molecule has 2 aromatic heterocycles. The van der Waals surface area contributed by atoms with Crippen molar-refractivity contribution < 1.29 is 27.6 Å². The lowest BCUT2D eigenvalue weighted by Crippen LogP contribution is -2.47. The number of nitrogens with zero attached hydrogens (tertiary/aromatic N) is 5. The quantitative estimate of drug-likeness (QED) is 0.0760. The highest BCUT2D eigenvalue weighted by molar-refractivity contribution is 7.90. The fraction of sp³-hybridized carbons (Fsp3) is 0.417. The van der Waals surface area contributed by atoms with Crippen molar-refractivity contribution in [2.24, 2.45) is 5.41 Å². The first kappa shape index (κ1) is 44.7. The van der Waals surface area contributed by atoms with Gasteiger partial charge in [0.25, 0.3) is 21.6 Å². The predicted molar refractivity (Wildman–Crippen MR) is 252 cm³/mol. The number of likely N-dealkylation sites (tertiary alicyclic amines) is 1. The number of hydrogen-bond donors (Lipinski definition) is 3. The molecule has 1 aliphatic carbocycles. The minimum absolute atomic E-state index is 0.0196. The first-order valence-corrected chi connectivity index (χ1v) is 24.3. The Hall–Kier alpha value is -5.52. The van der Waals surface area contributed by atoms with Gasteiger partial charge in [-0.25, -0.2) is 18.1 Å². The number of hydrogen-bond acceptors (Lipinski definition) is 12. The lowest BCUT2D eigenvalue weighted by molar-refractivity contribution is -0.384. The van der Waals surface area contributed by atoms with Crippen LogP contribution >= 0.6 is 11.6 Å². The number of benzene rings is 3. The van der Waals surface area contributed by atoms with Crippen molar-refractivity contribution in [3.8, 4) is 11.5 Å². The van der Waals surface area contributed by atoms with Crippen molar-refractivity contribution in [1.29, 1.82) is 0 Å². The number of sulfonamides is 1. The molecule has 15 nitrogen and oxygen atoms in total. The van der Waals surface area contributed by atoms with Crippen LogP contribution in [0, 0.1) is 15.5 Å². The molecule has 9 rings (SSSR count). The number of H-pyrrole nitrogens is 1. The number of nitro benzene ring substituents is 1. The van der Waals surface area contributed by atoms with E-state index in [-0.39, 0.29) is 28.5 Å². The van der Waals surface area contributed by atoms with E-state index in [9.17, 15) is 23.3 Å². The van der Waals surface area contributed by atoms with Gasteiger partial charge in [0.1, 0.15) is 22.8 Å². The Balaban J connectivity index is 0.910. The molecule has 0 bridgehead atoms. The molecule has 342 valence electrons. The van der Waals surface area contributed by atoms with E-state index in [1.807, 2.05) is 18.2 Å². The van der Waals surface area contributed by atoms with E-state index in [0.29, 0.717) is 17.4 Å². The molecule has 3 aliphatic heterocycles. The van der Waals surface area contributed by atoms with Crippen molar-refractivity contribution in [1.82, 2.24) is 24.5 Å².